The predicted molar refractivity (Wildman–Crippen MR) is 44.7 cm³/mol. The van der Waals surface area contributed by atoms with Gasteiger partial charge in [0.2, 0.25) is 0 Å². The van der Waals surface area contributed by atoms with E-state index in [0.29, 0.717) is 6.29 Å². The van der Waals surface area contributed by atoms with Crippen molar-refractivity contribution in [1.29, 1.82) is 0 Å². The van der Waals surface area contributed by atoms with Crippen molar-refractivity contribution in [3.05, 3.63) is 12.2 Å². The maximum Gasteiger partial charge on any atom is 0.409 e. The lowest BCUT2D eigenvalue weighted by atomic mass is 9.96. The first-order chi connectivity index (χ1) is 5.69. The Labute approximate surface area is 79.6 Å². The fourth-order valence-corrected chi connectivity index (χ4v) is 0.657. The van der Waals surface area contributed by atoms with Gasteiger partial charge in [0, 0.05) is 12.0 Å². The second-order valence-electron chi connectivity index (χ2n) is 2.95. The van der Waals surface area contributed by atoms with Gasteiger partial charge in [-0.15, -0.1) is 11.6 Å². The number of hydrogen-bond acceptors (Lipinski definition) is 1. The standard InChI is InChI=1S/C8H10ClF3O/c1-6(5-13)7(2,9)3-4-8(10,11)12/h3-6H,1-2H3/b4-3+/t6-,7?/m1/s1. The molecule has 5 heteroatoms. The molecule has 0 aromatic rings. The van der Waals surface area contributed by atoms with Gasteiger partial charge in [-0.2, -0.15) is 13.2 Å². The first-order valence-corrected chi connectivity index (χ1v) is 3.98. The van der Waals surface area contributed by atoms with Crippen LogP contribution in [-0.2, 0) is 4.79 Å². The van der Waals surface area contributed by atoms with Gasteiger partial charge in [-0.05, 0) is 6.92 Å². The fourth-order valence-electron chi connectivity index (χ4n) is 0.542. The van der Waals surface area contributed by atoms with E-state index in [1.807, 2.05) is 0 Å². The highest BCUT2D eigenvalue weighted by Gasteiger charge is 2.29. The first kappa shape index (κ1) is 12.5. The summed E-state index contributed by atoms with van der Waals surface area (Å²) in [5, 5.41) is 0. The summed E-state index contributed by atoms with van der Waals surface area (Å²) >= 11 is 5.67. The molecule has 0 fully saturated rings. The van der Waals surface area contributed by atoms with E-state index in [4.69, 9.17) is 11.6 Å². The second-order valence-corrected chi connectivity index (χ2v) is 3.77. The molecule has 0 amide bonds. The van der Waals surface area contributed by atoms with Crippen LogP contribution < -0.4 is 0 Å². The minimum Gasteiger partial charge on any atom is -0.303 e. The van der Waals surface area contributed by atoms with Crippen molar-refractivity contribution in [3.8, 4) is 0 Å². The summed E-state index contributed by atoms with van der Waals surface area (Å²) in [4.78, 5) is 9.00. The maximum absolute atomic E-state index is 11.7. The quantitative estimate of drug-likeness (QED) is 0.401. The topological polar surface area (TPSA) is 17.1 Å². The van der Waals surface area contributed by atoms with E-state index in [1.165, 1.54) is 13.8 Å². The SMILES string of the molecule is C[C@H](C=O)C(C)(Cl)/C=C/C(F)(F)F. The predicted octanol–water partition coefficient (Wildman–Crippen LogP) is 2.94. The highest BCUT2D eigenvalue weighted by Crippen LogP contribution is 2.27. The number of carbonyl (C=O) groups is 1. The minimum absolute atomic E-state index is 0.0417. The van der Waals surface area contributed by atoms with Gasteiger partial charge in [0.25, 0.3) is 0 Å². The van der Waals surface area contributed by atoms with Gasteiger partial charge in [-0.25, -0.2) is 0 Å². The van der Waals surface area contributed by atoms with Gasteiger partial charge < -0.3 is 4.79 Å². The van der Waals surface area contributed by atoms with Gasteiger partial charge in [0.15, 0.2) is 0 Å². The number of hydrogen-bond donors (Lipinski definition) is 0. The molecule has 76 valence electrons. The molecule has 0 spiro atoms. The van der Waals surface area contributed by atoms with E-state index in [0.717, 1.165) is 6.08 Å². The van der Waals surface area contributed by atoms with Crippen LogP contribution in [0.2, 0.25) is 0 Å². The zero-order valence-corrected chi connectivity index (χ0v) is 7.99. The molecule has 13 heavy (non-hydrogen) atoms. The summed E-state index contributed by atoms with van der Waals surface area (Å²) in [5.74, 6) is -0.659. The van der Waals surface area contributed by atoms with E-state index in [-0.39, 0.29) is 6.08 Å². The van der Waals surface area contributed by atoms with Crippen molar-refractivity contribution in [3.63, 3.8) is 0 Å². The molecule has 0 N–H and O–H groups in total. The smallest absolute Gasteiger partial charge is 0.303 e. The van der Waals surface area contributed by atoms with Crippen molar-refractivity contribution in [2.75, 3.05) is 0 Å². The lowest BCUT2D eigenvalue weighted by Gasteiger charge is -2.21. The van der Waals surface area contributed by atoms with Gasteiger partial charge in [-0.1, -0.05) is 13.0 Å². The number of carbonyl (C=O) groups excluding carboxylic acids is 1. The molecule has 0 aliphatic heterocycles. The maximum atomic E-state index is 11.7. The summed E-state index contributed by atoms with van der Waals surface area (Å²) in [5.41, 5.74) is 0. The van der Waals surface area contributed by atoms with Crippen LogP contribution in [0.15, 0.2) is 12.2 Å². The number of alkyl halides is 4. The highest BCUT2D eigenvalue weighted by atomic mass is 35.5. The molecule has 0 bridgehead atoms. The van der Waals surface area contributed by atoms with Crippen LogP contribution in [0.1, 0.15) is 13.8 Å². The van der Waals surface area contributed by atoms with E-state index >= 15 is 0 Å². The first-order valence-electron chi connectivity index (χ1n) is 3.60. The molecule has 0 aromatic heterocycles. The normalized spacial score (nSPS) is 19.8. The summed E-state index contributed by atoms with van der Waals surface area (Å²) in [6, 6.07) is 0. The molecule has 0 heterocycles. The number of aldehydes is 1. The summed E-state index contributed by atoms with van der Waals surface area (Å²) in [7, 11) is 0. The number of allylic oxidation sites excluding steroid dienone is 2. The van der Waals surface area contributed by atoms with Crippen molar-refractivity contribution in [2.24, 2.45) is 5.92 Å². The van der Waals surface area contributed by atoms with Crippen molar-refractivity contribution >= 4 is 17.9 Å². The summed E-state index contributed by atoms with van der Waals surface area (Å²) in [6.45, 7) is 2.82. The number of rotatable bonds is 3. The Bertz CT molecular complexity index is 208. The van der Waals surface area contributed by atoms with Crippen LogP contribution in [-0.4, -0.2) is 17.3 Å². The van der Waals surface area contributed by atoms with Crippen molar-refractivity contribution < 1.29 is 18.0 Å². The molecule has 2 atom stereocenters. The zero-order valence-electron chi connectivity index (χ0n) is 7.23. The van der Waals surface area contributed by atoms with Gasteiger partial charge in [0.05, 0.1) is 4.87 Å². The van der Waals surface area contributed by atoms with E-state index < -0.39 is 17.0 Å². The Balaban J connectivity index is 4.50. The molecular weight excluding hydrogens is 205 g/mol. The highest BCUT2D eigenvalue weighted by molar-refractivity contribution is 6.26. The van der Waals surface area contributed by atoms with E-state index in [1.54, 1.807) is 0 Å². The van der Waals surface area contributed by atoms with Crippen LogP contribution in [0.5, 0.6) is 0 Å². The molecule has 0 saturated heterocycles. The third kappa shape index (κ3) is 4.93. The molecule has 0 aliphatic rings. The van der Waals surface area contributed by atoms with E-state index in [2.05, 4.69) is 0 Å². The molecule has 0 aromatic carbocycles. The molecule has 1 unspecified atom stereocenters. The van der Waals surface area contributed by atoms with Gasteiger partial charge >= 0.3 is 6.18 Å². The minimum atomic E-state index is -4.39. The molecule has 0 radical (unpaired) electrons. The zero-order chi connectivity index (χ0) is 10.7. The average Bonchev–Trinajstić information content (AvgIpc) is 1.98. The lowest BCUT2D eigenvalue weighted by Crippen LogP contribution is -2.25. The van der Waals surface area contributed by atoms with Gasteiger partial charge in [0.1, 0.15) is 6.29 Å². The second kappa shape index (κ2) is 4.13. The van der Waals surface area contributed by atoms with Crippen LogP contribution in [0.25, 0.3) is 0 Å². The molecule has 0 rings (SSSR count). The largest absolute Gasteiger partial charge is 0.409 e. The summed E-state index contributed by atoms with van der Waals surface area (Å²) in [6.07, 6.45) is -3.04. The average molecular weight is 215 g/mol. The van der Waals surface area contributed by atoms with Crippen LogP contribution in [0.4, 0.5) is 13.2 Å². The monoisotopic (exact) mass is 214 g/mol. The fraction of sp³-hybridized carbons (Fsp3) is 0.625. The molecule has 0 saturated carbocycles. The number of halogens is 4. The summed E-state index contributed by atoms with van der Waals surface area (Å²) < 4.78 is 35.2. The third-order valence-corrected chi connectivity index (χ3v) is 2.16. The van der Waals surface area contributed by atoms with Crippen molar-refractivity contribution in [1.82, 2.24) is 0 Å². The Morgan fingerprint density at radius 2 is 1.77 bits per heavy atom. The third-order valence-electron chi connectivity index (χ3n) is 1.69. The van der Waals surface area contributed by atoms with Crippen molar-refractivity contribution in [2.45, 2.75) is 24.9 Å². The van der Waals surface area contributed by atoms with Gasteiger partial charge in [-0.3, -0.25) is 0 Å². The Hall–Kier alpha value is -0.510. The van der Waals surface area contributed by atoms with Crippen LogP contribution in [0, 0.1) is 5.92 Å². The molecule has 0 aliphatic carbocycles. The van der Waals surface area contributed by atoms with E-state index in [9.17, 15) is 18.0 Å². The van der Waals surface area contributed by atoms with Crippen LogP contribution in [0.3, 0.4) is 0 Å². The lowest BCUT2D eigenvalue weighted by molar-refractivity contribution is -0.111. The Morgan fingerprint density at radius 3 is 2.08 bits per heavy atom. The Morgan fingerprint density at radius 1 is 1.31 bits per heavy atom. The molecule has 1 nitrogen and oxygen atoms in total. The molecular formula is C8H10ClF3O. The van der Waals surface area contributed by atoms with Crippen LogP contribution >= 0.6 is 11.6 Å². The Kier molecular flexibility index (Phi) is 3.97.